The van der Waals surface area contributed by atoms with E-state index in [-0.39, 0.29) is 10.6 Å². The Labute approximate surface area is 154 Å². The molecule has 0 atom stereocenters. The summed E-state index contributed by atoms with van der Waals surface area (Å²) < 4.78 is 66.0. The number of halogens is 3. The second-order valence-corrected chi connectivity index (χ2v) is 8.45. The molecule has 148 valence electrons. The van der Waals surface area contributed by atoms with Gasteiger partial charge < -0.3 is 5.32 Å². The lowest BCUT2D eigenvalue weighted by atomic mass is 10.1. The number of hydrogen-bond acceptors (Lipinski definition) is 4. The molecule has 0 spiro atoms. The average molecular weight is 404 g/mol. The van der Waals surface area contributed by atoms with Crippen molar-refractivity contribution in [3.05, 3.63) is 42.2 Å². The van der Waals surface area contributed by atoms with Gasteiger partial charge in [-0.2, -0.15) is 18.3 Å². The lowest BCUT2D eigenvalue weighted by molar-refractivity contribution is -0.141. The highest BCUT2D eigenvalue weighted by molar-refractivity contribution is 7.89. The van der Waals surface area contributed by atoms with E-state index in [4.69, 9.17) is 0 Å². The second-order valence-electron chi connectivity index (χ2n) is 6.80. The van der Waals surface area contributed by atoms with Crippen molar-refractivity contribution in [1.82, 2.24) is 14.5 Å². The molecule has 0 aliphatic rings. The molecule has 11 heteroatoms. The Morgan fingerprint density at radius 3 is 2.33 bits per heavy atom. The zero-order valence-electron chi connectivity index (χ0n) is 14.8. The fourth-order valence-electron chi connectivity index (χ4n) is 2.20. The van der Waals surface area contributed by atoms with Gasteiger partial charge in [-0.25, -0.2) is 13.1 Å². The van der Waals surface area contributed by atoms with E-state index in [1.54, 1.807) is 20.8 Å². The zero-order valence-corrected chi connectivity index (χ0v) is 15.6. The van der Waals surface area contributed by atoms with Crippen LogP contribution in [-0.4, -0.2) is 29.6 Å². The molecule has 7 nitrogen and oxygen atoms in total. The molecule has 0 radical (unpaired) electrons. The third-order valence-electron chi connectivity index (χ3n) is 3.13. The van der Waals surface area contributed by atoms with Crippen LogP contribution in [0.3, 0.4) is 0 Å². The number of benzene rings is 1. The van der Waals surface area contributed by atoms with Gasteiger partial charge in [0.1, 0.15) is 11.4 Å². The van der Waals surface area contributed by atoms with Gasteiger partial charge >= 0.3 is 6.18 Å². The molecule has 2 aromatic rings. The van der Waals surface area contributed by atoms with Gasteiger partial charge in [0.05, 0.1) is 5.69 Å². The molecule has 2 rings (SSSR count). The van der Waals surface area contributed by atoms with Crippen LogP contribution in [0.4, 0.5) is 18.9 Å². The first-order chi connectivity index (χ1) is 12.3. The summed E-state index contributed by atoms with van der Waals surface area (Å²) in [7, 11) is -3.92. The first-order valence-corrected chi connectivity index (χ1v) is 9.30. The Morgan fingerprint density at radius 1 is 1.15 bits per heavy atom. The Hall–Kier alpha value is -2.40. The third-order valence-corrected chi connectivity index (χ3v) is 4.94. The van der Waals surface area contributed by atoms with Gasteiger partial charge in [-0.15, -0.1) is 0 Å². The number of anilines is 1. The number of para-hydroxylation sites is 1. The molecule has 1 amide bonds. The van der Waals surface area contributed by atoms with Crippen LogP contribution in [-0.2, 0) is 27.5 Å². The molecule has 1 aromatic heterocycles. The van der Waals surface area contributed by atoms with E-state index in [9.17, 15) is 26.4 Å². The molecule has 0 aliphatic heterocycles. The van der Waals surface area contributed by atoms with Crippen LogP contribution >= 0.6 is 0 Å². The van der Waals surface area contributed by atoms with Crippen molar-refractivity contribution in [2.24, 2.45) is 0 Å². The number of nitrogens with one attached hydrogen (secondary N) is 2. The number of amides is 1. The standard InChI is InChI=1S/C16H19F3N4O3S/c1-15(2,3)22-27(25,26)12-7-5-4-6-11(12)20-14(24)10-23-9-8-13(21-23)16(17,18)19/h4-9,22H,10H2,1-3H3,(H,20,24). The van der Waals surface area contributed by atoms with E-state index >= 15 is 0 Å². The summed E-state index contributed by atoms with van der Waals surface area (Å²) in [5.41, 5.74) is -1.84. The zero-order chi connectivity index (χ0) is 20.5. The number of rotatable bonds is 5. The van der Waals surface area contributed by atoms with E-state index in [1.807, 2.05) is 0 Å². The molecular formula is C16H19F3N4O3S. The number of alkyl halides is 3. The predicted octanol–water partition coefficient (Wildman–Crippen LogP) is 2.62. The van der Waals surface area contributed by atoms with Crippen LogP contribution in [0.25, 0.3) is 0 Å². The van der Waals surface area contributed by atoms with Gasteiger partial charge in [-0.3, -0.25) is 9.48 Å². The largest absolute Gasteiger partial charge is 0.435 e. The molecule has 0 aliphatic carbocycles. The summed E-state index contributed by atoms with van der Waals surface area (Å²) in [6.07, 6.45) is -3.59. The molecule has 0 saturated carbocycles. The van der Waals surface area contributed by atoms with E-state index in [1.165, 1.54) is 24.3 Å². The first kappa shape index (κ1) is 20.9. The molecular weight excluding hydrogens is 385 g/mol. The minimum atomic E-state index is -4.61. The summed E-state index contributed by atoms with van der Waals surface area (Å²) in [6.45, 7) is 4.50. The molecule has 0 saturated heterocycles. The smallest absolute Gasteiger partial charge is 0.323 e. The Morgan fingerprint density at radius 2 is 1.78 bits per heavy atom. The Kier molecular flexibility index (Phi) is 5.66. The molecule has 0 bridgehead atoms. The van der Waals surface area contributed by atoms with Crippen molar-refractivity contribution in [2.75, 3.05) is 5.32 Å². The number of carbonyl (C=O) groups excluding carboxylic acids is 1. The van der Waals surface area contributed by atoms with E-state index < -0.39 is 39.9 Å². The van der Waals surface area contributed by atoms with E-state index in [0.29, 0.717) is 0 Å². The quantitative estimate of drug-likeness (QED) is 0.801. The Bertz CT molecular complexity index is 931. The maximum Gasteiger partial charge on any atom is 0.435 e. The van der Waals surface area contributed by atoms with Crippen LogP contribution in [0.15, 0.2) is 41.4 Å². The van der Waals surface area contributed by atoms with Crippen molar-refractivity contribution in [3.8, 4) is 0 Å². The maximum absolute atomic E-state index is 12.6. The van der Waals surface area contributed by atoms with Crippen LogP contribution in [0.2, 0.25) is 0 Å². The summed E-state index contributed by atoms with van der Waals surface area (Å²) in [5.74, 6) is -0.717. The highest BCUT2D eigenvalue weighted by Gasteiger charge is 2.33. The molecule has 2 N–H and O–H groups in total. The first-order valence-electron chi connectivity index (χ1n) is 7.81. The summed E-state index contributed by atoms with van der Waals surface area (Å²) >= 11 is 0. The van der Waals surface area contributed by atoms with Gasteiger partial charge in [-0.05, 0) is 39.0 Å². The van der Waals surface area contributed by atoms with Gasteiger partial charge in [0, 0.05) is 11.7 Å². The highest BCUT2D eigenvalue weighted by atomic mass is 32.2. The van der Waals surface area contributed by atoms with Crippen molar-refractivity contribution in [1.29, 1.82) is 0 Å². The van der Waals surface area contributed by atoms with Crippen molar-refractivity contribution in [3.63, 3.8) is 0 Å². The highest BCUT2D eigenvalue weighted by Crippen LogP contribution is 2.27. The number of carbonyl (C=O) groups is 1. The number of sulfonamides is 1. The monoisotopic (exact) mass is 404 g/mol. The second kappa shape index (κ2) is 7.31. The van der Waals surface area contributed by atoms with Crippen LogP contribution < -0.4 is 10.0 Å². The van der Waals surface area contributed by atoms with Crippen molar-refractivity contribution < 1.29 is 26.4 Å². The van der Waals surface area contributed by atoms with E-state index in [0.717, 1.165) is 16.9 Å². The fraction of sp³-hybridized carbons (Fsp3) is 0.375. The Balaban J connectivity index is 2.18. The fourth-order valence-corrected chi connectivity index (χ4v) is 3.78. The SMILES string of the molecule is CC(C)(C)NS(=O)(=O)c1ccccc1NC(=O)Cn1ccc(C(F)(F)F)n1. The minimum absolute atomic E-state index is 0.0162. The van der Waals surface area contributed by atoms with Crippen LogP contribution in [0.1, 0.15) is 26.5 Å². The molecule has 27 heavy (non-hydrogen) atoms. The number of nitrogens with zero attached hydrogens (tertiary/aromatic N) is 2. The van der Waals surface area contributed by atoms with Crippen LogP contribution in [0.5, 0.6) is 0 Å². The summed E-state index contributed by atoms with van der Waals surface area (Å²) in [4.78, 5) is 12.0. The predicted molar refractivity (Wildman–Crippen MR) is 92.4 cm³/mol. The molecule has 1 aromatic carbocycles. The van der Waals surface area contributed by atoms with Gasteiger partial charge in [0.25, 0.3) is 0 Å². The van der Waals surface area contributed by atoms with Crippen molar-refractivity contribution >= 4 is 21.6 Å². The number of aromatic nitrogens is 2. The van der Waals surface area contributed by atoms with Crippen molar-refractivity contribution in [2.45, 2.75) is 43.9 Å². The van der Waals surface area contributed by atoms with Gasteiger partial charge in [-0.1, -0.05) is 12.1 Å². The van der Waals surface area contributed by atoms with E-state index in [2.05, 4.69) is 15.1 Å². The lowest BCUT2D eigenvalue weighted by Gasteiger charge is -2.21. The summed E-state index contributed by atoms with van der Waals surface area (Å²) in [6, 6.07) is 6.48. The normalized spacial score (nSPS) is 12.8. The average Bonchev–Trinajstić information content (AvgIpc) is 2.93. The maximum atomic E-state index is 12.6. The van der Waals surface area contributed by atoms with Crippen LogP contribution in [0, 0.1) is 0 Å². The summed E-state index contributed by atoms with van der Waals surface area (Å²) in [5, 5.41) is 5.68. The number of hydrogen-bond donors (Lipinski definition) is 2. The lowest BCUT2D eigenvalue weighted by Crippen LogP contribution is -2.40. The molecule has 0 unspecified atom stereocenters. The van der Waals surface area contributed by atoms with Gasteiger partial charge in [0.15, 0.2) is 5.69 Å². The molecule has 1 heterocycles. The van der Waals surface area contributed by atoms with Gasteiger partial charge in [0.2, 0.25) is 15.9 Å². The minimum Gasteiger partial charge on any atom is -0.323 e. The third kappa shape index (κ3) is 5.79. The molecule has 0 fully saturated rings. The topological polar surface area (TPSA) is 93.1 Å².